The maximum absolute atomic E-state index is 10.3. The van der Waals surface area contributed by atoms with Gasteiger partial charge in [0.15, 0.2) is 0 Å². The minimum Gasteiger partial charge on any atom is -0.507 e. The van der Waals surface area contributed by atoms with Crippen molar-refractivity contribution in [1.82, 2.24) is 0 Å². The van der Waals surface area contributed by atoms with Gasteiger partial charge in [0.1, 0.15) is 17.3 Å². The summed E-state index contributed by atoms with van der Waals surface area (Å²) >= 11 is 0. The van der Waals surface area contributed by atoms with Crippen LogP contribution >= 0.6 is 0 Å². The van der Waals surface area contributed by atoms with Crippen LogP contribution in [0.4, 0.5) is 0 Å². The number of rotatable bonds is 3. The fraction of sp³-hybridized carbons (Fsp3) is 0.375. The topological polar surface area (TPSA) is 38.7 Å². The molecule has 19 heavy (non-hydrogen) atoms. The zero-order valence-corrected chi connectivity index (χ0v) is 11.9. The van der Waals surface area contributed by atoms with E-state index in [1.54, 1.807) is 14.2 Å². The van der Waals surface area contributed by atoms with Gasteiger partial charge in [-0.1, -0.05) is 32.0 Å². The summed E-state index contributed by atoms with van der Waals surface area (Å²) in [7, 11) is 3.26. The largest absolute Gasteiger partial charge is 0.507 e. The molecule has 0 heterocycles. The lowest BCUT2D eigenvalue weighted by Crippen LogP contribution is -2.17. The van der Waals surface area contributed by atoms with E-state index in [1.165, 1.54) is 0 Å². The Bertz CT molecular complexity index is 539. The molecule has 0 bridgehead atoms. The standard InChI is InChI=1S/C16H20O3/c1-16(2)9-12(17)15(14(10-16)19-4)11-7-5-6-8-13(11)18-3/h5-9,17H,10H2,1-4H3. The third-order valence-electron chi connectivity index (χ3n) is 3.30. The summed E-state index contributed by atoms with van der Waals surface area (Å²) in [5.74, 6) is 1.76. The molecular weight excluding hydrogens is 240 g/mol. The predicted octanol–water partition coefficient (Wildman–Crippen LogP) is 3.92. The maximum atomic E-state index is 10.3. The molecule has 2 rings (SSSR count). The van der Waals surface area contributed by atoms with Crippen molar-refractivity contribution in [2.45, 2.75) is 20.3 Å². The van der Waals surface area contributed by atoms with Crippen molar-refractivity contribution >= 4 is 5.57 Å². The van der Waals surface area contributed by atoms with Crippen molar-refractivity contribution in [1.29, 1.82) is 0 Å². The summed E-state index contributed by atoms with van der Waals surface area (Å²) in [6.45, 7) is 4.14. The van der Waals surface area contributed by atoms with Gasteiger partial charge in [0.05, 0.1) is 19.8 Å². The zero-order chi connectivity index (χ0) is 14.0. The Morgan fingerprint density at radius 1 is 1.11 bits per heavy atom. The van der Waals surface area contributed by atoms with Crippen molar-refractivity contribution in [3.63, 3.8) is 0 Å². The third kappa shape index (κ3) is 2.60. The molecule has 0 spiro atoms. The van der Waals surface area contributed by atoms with Crippen LogP contribution in [-0.4, -0.2) is 19.3 Å². The molecule has 0 fully saturated rings. The van der Waals surface area contributed by atoms with Crippen LogP contribution in [0.5, 0.6) is 5.75 Å². The Hall–Kier alpha value is -1.90. The normalized spacial score (nSPS) is 18.0. The number of aliphatic hydroxyl groups excluding tert-OH is 1. The second kappa shape index (κ2) is 5.00. The molecule has 0 amide bonds. The lowest BCUT2D eigenvalue weighted by molar-refractivity contribution is 0.240. The highest BCUT2D eigenvalue weighted by atomic mass is 16.5. The number of aliphatic hydroxyl groups is 1. The molecular formula is C16H20O3. The van der Waals surface area contributed by atoms with E-state index < -0.39 is 0 Å². The number of methoxy groups -OCH3 is 2. The van der Waals surface area contributed by atoms with E-state index in [0.29, 0.717) is 0 Å². The van der Waals surface area contributed by atoms with Gasteiger partial charge in [-0.15, -0.1) is 0 Å². The molecule has 0 atom stereocenters. The van der Waals surface area contributed by atoms with Crippen LogP contribution in [-0.2, 0) is 4.74 Å². The monoisotopic (exact) mass is 260 g/mol. The summed E-state index contributed by atoms with van der Waals surface area (Å²) in [6, 6.07) is 7.63. The highest BCUT2D eigenvalue weighted by Crippen LogP contribution is 2.42. The molecule has 0 aliphatic heterocycles. The molecule has 0 saturated heterocycles. The van der Waals surface area contributed by atoms with Gasteiger partial charge in [0.25, 0.3) is 0 Å². The minimum atomic E-state index is -0.110. The van der Waals surface area contributed by atoms with Crippen LogP contribution in [0, 0.1) is 5.41 Å². The number of benzene rings is 1. The Morgan fingerprint density at radius 2 is 1.79 bits per heavy atom. The summed E-state index contributed by atoms with van der Waals surface area (Å²) in [4.78, 5) is 0. The van der Waals surface area contributed by atoms with Gasteiger partial charge in [-0.25, -0.2) is 0 Å². The highest BCUT2D eigenvalue weighted by Gasteiger charge is 2.30. The smallest absolute Gasteiger partial charge is 0.126 e. The van der Waals surface area contributed by atoms with Crippen LogP contribution in [0.25, 0.3) is 5.57 Å². The van der Waals surface area contributed by atoms with E-state index in [0.717, 1.165) is 29.1 Å². The van der Waals surface area contributed by atoms with Gasteiger partial charge in [-0.3, -0.25) is 0 Å². The van der Waals surface area contributed by atoms with Gasteiger partial charge in [0.2, 0.25) is 0 Å². The van der Waals surface area contributed by atoms with Gasteiger partial charge < -0.3 is 14.6 Å². The first-order chi connectivity index (χ1) is 8.98. The second-order valence-electron chi connectivity index (χ2n) is 5.40. The van der Waals surface area contributed by atoms with E-state index >= 15 is 0 Å². The average molecular weight is 260 g/mol. The van der Waals surface area contributed by atoms with E-state index in [2.05, 4.69) is 13.8 Å². The molecule has 1 aliphatic carbocycles. The fourth-order valence-electron chi connectivity index (χ4n) is 2.45. The predicted molar refractivity (Wildman–Crippen MR) is 76.0 cm³/mol. The lowest BCUT2D eigenvalue weighted by atomic mass is 9.80. The first-order valence-corrected chi connectivity index (χ1v) is 6.31. The summed E-state index contributed by atoms with van der Waals surface area (Å²) < 4.78 is 10.9. The molecule has 0 aromatic heterocycles. The van der Waals surface area contributed by atoms with Crippen LogP contribution in [0.2, 0.25) is 0 Å². The molecule has 1 aromatic carbocycles. The van der Waals surface area contributed by atoms with Crippen molar-refractivity contribution in [2.24, 2.45) is 5.41 Å². The number of hydrogen-bond acceptors (Lipinski definition) is 3. The van der Waals surface area contributed by atoms with Crippen LogP contribution in [0.15, 0.2) is 41.9 Å². The SMILES string of the molecule is COC1=C(c2ccccc2OC)C(O)=CC(C)(C)C1. The maximum Gasteiger partial charge on any atom is 0.126 e. The molecule has 3 nitrogen and oxygen atoms in total. The average Bonchev–Trinajstić information content (AvgIpc) is 2.37. The molecule has 102 valence electrons. The quantitative estimate of drug-likeness (QED) is 0.895. The number of ether oxygens (including phenoxy) is 2. The molecule has 0 unspecified atom stereocenters. The second-order valence-corrected chi connectivity index (χ2v) is 5.40. The van der Waals surface area contributed by atoms with Crippen molar-refractivity contribution in [3.05, 3.63) is 47.4 Å². The molecule has 1 aliphatic rings. The van der Waals surface area contributed by atoms with E-state index in [4.69, 9.17) is 9.47 Å². The number of hydrogen-bond donors (Lipinski definition) is 1. The Morgan fingerprint density at radius 3 is 2.42 bits per heavy atom. The fourth-order valence-corrected chi connectivity index (χ4v) is 2.45. The molecule has 0 saturated carbocycles. The molecule has 3 heteroatoms. The Kier molecular flexibility index (Phi) is 3.56. The van der Waals surface area contributed by atoms with Gasteiger partial charge in [-0.05, 0) is 17.6 Å². The summed E-state index contributed by atoms with van der Waals surface area (Å²) in [5, 5.41) is 10.3. The first-order valence-electron chi connectivity index (χ1n) is 6.31. The van der Waals surface area contributed by atoms with Gasteiger partial charge >= 0.3 is 0 Å². The highest BCUT2D eigenvalue weighted by molar-refractivity contribution is 5.82. The number of para-hydroxylation sites is 1. The Balaban J connectivity index is 2.59. The van der Waals surface area contributed by atoms with Crippen LogP contribution in [0.3, 0.4) is 0 Å². The first kappa shape index (κ1) is 13.5. The van der Waals surface area contributed by atoms with Crippen molar-refractivity contribution < 1.29 is 14.6 Å². The summed E-state index contributed by atoms with van der Waals surface area (Å²) in [6.07, 6.45) is 2.62. The number of allylic oxidation sites excluding steroid dienone is 3. The third-order valence-corrected chi connectivity index (χ3v) is 3.30. The van der Waals surface area contributed by atoms with E-state index in [9.17, 15) is 5.11 Å². The Labute approximate surface area is 114 Å². The molecule has 0 radical (unpaired) electrons. The molecule has 1 aromatic rings. The zero-order valence-electron chi connectivity index (χ0n) is 11.9. The lowest BCUT2D eigenvalue weighted by Gasteiger charge is -2.29. The molecule has 1 N–H and O–H groups in total. The van der Waals surface area contributed by atoms with Crippen molar-refractivity contribution in [3.8, 4) is 5.75 Å². The van der Waals surface area contributed by atoms with Gasteiger partial charge in [0, 0.05) is 12.0 Å². The minimum absolute atomic E-state index is 0.110. The van der Waals surface area contributed by atoms with Crippen LogP contribution in [0.1, 0.15) is 25.8 Å². The van der Waals surface area contributed by atoms with E-state index in [-0.39, 0.29) is 11.2 Å². The van der Waals surface area contributed by atoms with Crippen LogP contribution < -0.4 is 4.74 Å². The summed E-state index contributed by atoms with van der Waals surface area (Å²) in [5.41, 5.74) is 1.46. The van der Waals surface area contributed by atoms with Crippen molar-refractivity contribution in [2.75, 3.05) is 14.2 Å². The van der Waals surface area contributed by atoms with Gasteiger partial charge in [-0.2, -0.15) is 0 Å². The van der Waals surface area contributed by atoms with E-state index in [1.807, 2.05) is 30.3 Å².